The zero-order valence-corrected chi connectivity index (χ0v) is 18.7. The standard InChI is InChI=1S/C27H34O4/c1-19-11-13-21-22-14-12-20(2)18-24(22)27(23(21)17-19,15-7-3-5-9-25(28)29)16-8-4-6-10-26(30)31/h11-14,17-18H,3-10,15-16H2,1-2H3,(H,28,29)(H,30,31)/p-2. The van der Waals surface area contributed by atoms with Crippen LogP contribution in [-0.4, -0.2) is 11.9 Å². The normalized spacial score (nSPS) is 13.6. The Bertz CT molecular complexity index is 867. The van der Waals surface area contributed by atoms with Crippen molar-refractivity contribution in [2.75, 3.05) is 0 Å². The van der Waals surface area contributed by atoms with Crippen LogP contribution in [0.15, 0.2) is 36.4 Å². The van der Waals surface area contributed by atoms with Gasteiger partial charge < -0.3 is 19.8 Å². The highest BCUT2D eigenvalue weighted by Gasteiger charge is 2.42. The largest absolute Gasteiger partial charge is 0.550 e. The number of hydrogen-bond acceptors (Lipinski definition) is 4. The van der Waals surface area contributed by atoms with E-state index in [4.69, 9.17) is 0 Å². The first kappa shape index (κ1) is 23.1. The van der Waals surface area contributed by atoms with Gasteiger partial charge in [-0.05, 0) is 74.6 Å². The van der Waals surface area contributed by atoms with Crippen molar-refractivity contribution in [3.63, 3.8) is 0 Å². The molecule has 4 nitrogen and oxygen atoms in total. The zero-order valence-electron chi connectivity index (χ0n) is 18.7. The SMILES string of the molecule is Cc1ccc2c(c1)C(CCCCCC(=O)[O-])(CCCCCC(=O)[O-])c1cc(C)ccc1-2. The van der Waals surface area contributed by atoms with E-state index in [0.717, 1.165) is 38.5 Å². The number of carboxylic acid groups (broad SMARTS) is 2. The molecule has 3 rings (SSSR count). The average molecular weight is 421 g/mol. The molecule has 0 spiro atoms. The van der Waals surface area contributed by atoms with Crippen LogP contribution in [0.25, 0.3) is 11.1 Å². The maximum absolute atomic E-state index is 10.8. The predicted octanol–water partition coefficient (Wildman–Crippen LogP) is 3.97. The molecule has 0 saturated heterocycles. The van der Waals surface area contributed by atoms with Crippen LogP contribution < -0.4 is 10.2 Å². The van der Waals surface area contributed by atoms with E-state index in [1.165, 1.54) is 33.4 Å². The number of hydrogen-bond donors (Lipinski definition) is 0. The van der Waals surface area contributed by atoms with Crippen molar-refractivity contribution in [1.29, 1.82) is 0 Å². The Morgan fingerprint density at radius 3 is 1.48 bits per heavy atom. The number of carbonyl (C=O) groups excluding carboxylic acids is 2. The highest BCUT2D eigenvalue weighted by Crippen LogP contribution is 2.54. The Labute approximate surface area is 185 Å². The lowest BCUT2D eigenvalue weighted by Gasteiger charge is -2.33. The molecule has 0 atom stereocenters. The summed E-state index contributed by atoms with van der Waals surface area (Å²) in [6, 6.07) is 13.4. The highest BCUT2D eigenvalue weighted by molar-refractivity contribution is 5.81. The van der Waals surface area contributed by atoms with Crippen molar-refractivity contribution in [1.82, 2.24) is 0 Å². The molecular weight excluding hydrogens is 388 g/mol. The van der Waals surface area contributed by atoms with Crippen LogP contribution in [-0.2, 0) is 15.0 Å². The van der Waals surface area contributed by atoms with Gasteiger partial charge in [-0.25, -0.2) is 0 Å². The van der Waals surface area contributed by atoms with Crippen molar-refractivity contribution >= 4 is 11.9 Å². The van der Waals surface area contributed by atoms with Crippen molar-refractivity contribution < 1.29 is 19.8 Å². The summed E-state index contributed by atoms with van der Waals surface area (Å²) in [5, 5.41) is 21.6. The van der Waals surface area contributed by atoms with E-state index in [0.29, 0.717) is 12.8 Å². The van der Waals surface area contributed by atoms with Gasteiger partial charge in [0.25, 0.3) is 0 Å². The molecule has 2 aromatic rings. The molecule has 0 bridgehead atoms. The van der Waals surface area contributed by atoms with Gasteiger partial charge in [-0.2, -0.15) is 0 Å². The molecule has 0 amide bonds. The van der Waals surface area contributed by atoms with Crippen LogP contribution in [0.4, 0.5) is 0 Å². The molecule has 0 heterocycles. The minimum absolute atomic E-state index is 0.106. The van der Waals surface area contributed by atoms with Crippen LogP contribution in [0.3, 0.4) is 0 Å². The number of carbonyl (C=O) groups is 2. The van der Waals surface area contributed by atoms with E-state index in [2.05, 4.69) is 50.2 Å². The molecular formula is C27H32O4-2. The lowest BCUT2D eigenvalue weighted by atomic mass is 9.70. The fourth-order valence-corrected chi connectivity index (χ4v) is 5.13. The van der Waals surface area contributed by atoms with E-state index in [9.17, 15) is 19.8 Å². The first-order chi connectivity index (χ1) is 14.8. The molecule has 0 N–H and O–H groups in total. The molecule has 0 saturated carbocycles. The molecule has 0 radical (unpaired) electrons. The maximum Gasteiger partial charge on any atom is 0.0414 e. The molecule has 0 aromatic heterocycles. The van der Waals surface area contributed by atoms with E-state index in [1.54, 1.807) is 0 Å². The van der Waals surface area contributed by atoms with E-state index in [-0.39, 0.29) is 18.3 Å². The van der Waals surface area contributed by atoms with Gasteiger partial charge in [-0.3, -0.25) is 0 Å². The van der Waals surface area contributed by atoms with Crippen molar-refractivity contribution in [2.24, 2.45) is 0 Å². The number of rotatable bonds is 12. The quantitative estimate of drug-likeness (QED) is 0.487. The van der Waals surface area contributed by atoms with Gasteiger partial charge >= 0.3 is 0 Å². The molecule has 31 heavy (non-hydrogen) atoms. The number of fused-ring (bicyclic) bond motifs is 3. The Balaban J connectivity index is 1.90. The first-order valence-corrected chi connectivity index (χ1v) is 11.5. The van der Waals surface area contributed by atoms with Crippen LogP contribution >= 0.6 is 0 Å². The molecule has 166 valence electrons. The van der Waals surface area contributed by atoms with Crippen molar-refractivity contribution in [3.05, 3.63) is 58.7 Å². The van der Waals surface area contributed by atoms with E-state index >= 15 is 0 Å². The van der Waals surface area contributed by atoms with Gasteiger partial charge in [0.2, 0.25) is 0 Å². The minimum atomic E-state index is -0.981. The Kier molecular flexibility index (Phi) is 7.53. The Morgan fingerprint density at radius 1 is 0.677 bits per heavy atom. The molecule has 0 fully saturated rings. The molecule has 1 aliphatic carbocycles. The number of benzene rings is 2. The lowest BCUT2D eigenvalue weighted by Crippen LogP contribution is -2.26. The molecule has 1 aliphatic rings. The Morgan fingerprint density at radius 2 is 1.10 bits per heavy atom. The lowest BCUT2D eigenvalue weighted by molar-refractivity contribution is -0.307. The number of aryl methyl sites for hydroxylation is 2. The molecule has 0 aliphatic heterocycles. The third-order valence-corrected chi connectivity index (χ3v) is 6.64. The summed E-state index contributed by atoms with van der Waals surface area (Å²) in [5.41, 5.74) is 7.70. The van der Waals surface area contributed by atoms with Gasteiger partial charge in [-0.1, -0.05) is 73.2 Å². The summed E-state index contributed by atoms with van der Waals surface area (Å²) in [6.07, 6.45) is 7.08. The maximum atomic E-state index is 10.8. The van der Waals surface area contributed by atoms with Crippen molar-refractivity contribution in [2.45, 2.75) is 83.5 Å². The van der Waals surface area contributed by atoms with Crippen LogP contribution in [0.1, 0.15) is 86.5 Å². The third-order valence-electron chi connectivity index (χ3n) is 6.64. The fourth-order valence-electron chi connectivity index (χ4n) is 5.13. The minimum Gasteiger partial charge on any atom is -0.550 e. The fraction of sp³-hybridized carbons (Fsp3) is 0.481. The summed E-state index contributed by atoms with van der Waals surface area (Å²) in [5.74, 6) is -1.96. The second kappa shape index (κ2) is 10.1. The Hall–Kier alpha value is -2.62. The molecule has 2 aromatic carbocycles. The topological polar surface area (TPSA) is 80.3 Å². The van der Waals surface area contributed by atoms with Gasteiger partial charge in [-0.15, -0.1) is 0 Å². The smallest absolute Gasteiger partial charge is 0.0414 e. The number of carboxylic acids is 2. The van der Waals surface area contributed by atoms with Crippen LogP contribution in [0.2, 0.25) is 0 Å². The van der Waals surface area contributed by atoms with Gasteiger partial charge in [0.15, 0.2) is 0 Å². The average Bonchev–Trinajstić information content (AvgIpc) is 2.96. The summed E-state index contributed by atoms with van der Waals surface area (Å²) in [7, 11) is 0. The monoisotopic (exact) mass is 420 g/mol. The summed E-state index contributed by atoms with van der Waals surface area (Å²) >= 11 is 0. The van der Waals surface area contributed by atoms with Gasteiger partial charge in [0, 0.05) is 17.4 Å². The summed E-state index contributed by atoms with van der Waals surface area (Å²) in [6.45, 7) is 4.25. The van der Waals surface area contributed by atoms with Crippen LogP contribution in [0, 0.1) is 13.8 Å². The second-order valence-corrected chi connectivity index (χ2v) is 9.05. The third kappa shape index (κ3) is 5.36. The highest BCUT2D eigenvalue weighted by atomic mass is 16.4. The first-order valence-electron chi connectivity index (χ1n) is 11.5. The van der Waals surface area contributed by atoms with Gasteiger partial charge in [0.05, 0.1) is 0 Å². The summed E-state index contributed by atoms with van der Waals surface area (Å²) < 4.78 is 0. The molecule has 4 heteroatoms. The van der Waals surface area contributed by atoms with E-state index < -0.39 is 11.9 Å². The van der Waals surface area contributed by atoms with E-state index in [1.807, 2.05) is 0 Å². The summed E-state index contributed by atoms with van der Waals surface area (Å²) in [4.78, 5) is 21.6. The van der Waals surface area contributed by atoms with Gasteiger partial charge in [0.1, 0.15) is 0 Å². The van der Waals surface area contributed by atoms with Crippen molar-refractivity contribution in [3.8, 4) is 11.1 Å². The second-order valence-electron chi connectivity index (χ2n) is 9.05. The number of unbranched alkanes of at least 4 members (excludes halogenated alkanes) is 4. The molecule has 0 unspecified atom stereocenters. The van der Waals surface area contributed by atoms with Crippen LogP contribution in [0.5, 0.6) is 0 Å². The zero-order chi connectivity index (χ0) is 22.4. The predicted molar refractivity (Wildman–Crippen MR) is 118 cm³/mol. The number of aliphatic carboxylic acids is 2.